The lowest BCUT2D eigenvalue weighted by Crippen LogP contribution is -2.43. The van der Waals surface area contributed by atoms with Crippen LogP contribution in [0.2, 0.25) is 0 Å². The minimum atomic E-state index is -3.27. The molecule has 2 fully saturated rings. The molecule has 0 atom stereocenters. The van der Waals surface area contributed by atoms with Crippen molar-refractivity contribution >= 4 is 37.3 Å². The van der Waals surface area contributed by atoms with Crippen LogP contribution in [0.1, 0.15) is 18.1 Å². The molecule has 0 radical (unpaired) electrons. The molecule has 0 bridgehead atoms. The minimum Gasteiger partial charge on any atom is -0.481 e. The molecule has 0 saturated carbocycles. The van der Waals surface area contributed by atoms with Gasteiger partial charge in [-0.3, -0.25) is 4.90 Å². The molecule has 0 spiro atoms. The van der Waals surface area contributed by atoms with Gasteiger partial charge in [0, 0.05) is 74.5 Å². The number of aromatic nitrogens is 3. The van der Waals surface area contributed by atoms with Gasteiger partial charge in [0.2, 0.25) is 11.8 Å². The van der Waals surface area contributed by atoms with Crippen LogP contribution in [0.25, 0.3) is 21.5 Å². The van der Waals surface area contributed by atoms with Gasteiger partial charge >= 0.3 is 0 Å². The standard InChI is InChI=1S/C25H34N6O4S2/c1-4-37(32,33)17-19-13-18(14-26-24(19)34-3)21-23-22(28-25(27-21)31-9-11-35-12-10-31)20(16-36-23)15-30-7-5-29(2)6-8-30/h13-14,16H,4-12,15,17H2,1-3H3. The number of morpholine rings is 1. The highest BCUT2D eigenvalue weighted by molar-refractivity contribution is 7.90. The molecule has 12 heteroatoms. The summed E-state index contributed by atoms with van der Waals surface area (Å²) < 4.78 is 36.8. The van der Waals surface area contributed by atoms with E-state index in [-0.39, 0.29) is 11.5 Å². The maximum absolute atomic E-state index is 12.4. The van der Waals surface area contributed by atoms with Gasteiger partial charge in [0.15, 0.2) is 9.84 Å². The summed E-state index contributed by atoms with van der Waals surface area (Å²) in [5.74, 6) is 0.917. The molecule has 2 aliphatic heterocycles. The van der Waals surface area contributed by atoms with E-state index in [4.69, 9.17) is 19.4 Å². The second-order valence-corrected chi connectivity index (χ2v) is 12.8. The van der Waals surface area contributed by atoms with E-state index in [1.54, 1.807) is 24.5 Å². The van der Waals surface area contributed by atoms with Gasteiger partial charge in [0.05, 0.1) is 42.0 Å². The number of sulfone groups is 1. The highest BCUT2D eigenvalue weighted by Crippen LogP contribution is 2.36. The first kappa shape index (κ1) is 26.2. The molecule has 2 aliphatic rings. The van der Waals surface area contributed by atoms with Crippen LogP contribution < -0.4 is 9.64 Å². The highest BCUT2D eigenvalue weighted by Gasteiger charge is 2.23. The Hall–Kier alpha value is -2.38. The smallest absolute Gasteiger partial charge is 0.226 e. The lowest BCUT2D eigenvalue weighted by Gasteiger charge is -2.32. The first-order valence-electron chi connectivity index (χ1n) is 12.6. The largest absolute Gasteiger partial charge is 0.481 e. The van der Waals surface area contributed by atoms with E-state index in [2.05, 4.69) is 32.1 Å². The normalized spacial score (nSPS) is 18.0. The quantitative estimate of drug-likeness (QED) is 0.418. The number of piperazine rings is 1. The van der Waals surface area contributed by atoms with E-state index >= 15 is 0 Å². The van der Waals surface area contributed by atoms with Gasteiger partial charge in [-0.25, -0.2) is 23.4 Å². The molecule has 3 aromatic heterocycles. The van der Waals surface area contributed by atoms with Gasteiger partial charge in [-0.15, -0.1) is 11.3 Å². The monoisotopic (exact) mass is 546 g/mol. The lowest BCUT2D eigenvalue weighted by molar-refractivity contribution is 0.122. The molecule has 5 rings (SSSR count). The Balaban J connectivity index is 1.59. The maximum atomic E-state index is 12.4. The number of hydrogen-bond acceptors (Lipinski definition) is 11. The third-order valence-corrected chi connectivity index (χ3v) is 9.62. The highest BCUT2D eigenvalue weighted by atomic mass is 32.2. The van der Waals surface area contributed by atoms with Crippen molar-refractivity contribution in [1.82, 2.24) is 24.8 Å². The van der Waals surface area contributed by atoms with Crippen molar-refractivity contribution in [1.29, 1.82) is 0 Å². The Morgan fingerprint density at radius 3 is 2.54 bits per heavy atom. The van der Waals surface area contributed by atoms with Crippen molar-refractivity contribution in [3.63, 3.8) is 0 Å². The number of hydrogen-bond donors (Lipinski definition) is 0. The SMILES string of the molecule is CCS(=O)(=O)Cc1cc(-c2nc(N3CCOCC3)nc3c(CN4CCN(C)CC4)csc23)cnc1OC. The van der Waals surface area contributed by atoms with Crippen LogP contribution in [0.4, 0.5) is 5.95 Å². The Morgan fingerprint density at radius 2 is 1.84 bits per heavy atom. The molecule has 0 aromatic carbocycles. The van der Waals surface area contributed by atoms with Gasteiger partial charge in [-0.2, -0.15) is 0 Å². The van der Waals surface area contributed by atoms with Gasteiger partial charge in [-0.1, -0.05) is 6.92 Å². The molecule has 2 saturated heterocycles. The number of methoxy groups -OCH3 is 1. The summed E-state index contributed by atoms with van der Waals surface area (Å²) in [6, 6.07) is 1.85. The summed E-state index contributed by atoms with van der Waals surface area (Å²) in [5.41, 5.74) is 4.21. The van der Waals surface area contributed by atoms with Gasteiger partial charge in [-0.05, 0) is 18.5 Å². The van der Waals surface area contributed by atoms with Crippen molar-refractivity contribution < 1.29 is 17.9 Å². The van der Waals surface area contributed by atoms with Crippen LogP contribution >= 0.6 is 11.3 Å². The summed E-state index contributed by atoms with van der Waals surface area (Å²) >= 11 is 1.63. The fraction of sp³-hybridized carbons (Fsp3) is 0.560. The second kappa shape index (κ2) is 11.2. The minimum absolute atomic E-state index is 0.0554. The number of thiophene rings is 1. The van der Waals surface area contributed by atoms with Crippen LogP contribution in [0.5, 0.6) is 5.88 Å². The molecule has 10 nitrogen and oxygen atoms in total. The summed E-state index contributed by atoms with van der Waals surface area (Å²) in [5, 5.41) is 2.18. The van der Waals surface area contributed by atoms with Crippen LogP contribution in [-0.4, -0.2) is 106 Å². The van der Waals surface area contributed by atoms with Gasteiger partial charge in [0.1, 0.15) is 0 Å². The average molecular weight is 547 g/mol. The van der Waals surface area contributed by atoms with Crippen molar-refractivity contribution in [2.75, 3.05) is 77.3 Å². The fourth-order valence-corrected chi connectivity index (χ4v) is 6.56. The summed E-state index contributed by atoms with van der Waals surface area (Å²) in [6.45, 7) is 9.38. The number of fused-ring (bicyclic) bond motifs is 1. The topological polar surface area (TPSA) is 101 Å². The number of pyridine rings is 1. The van der Waals surface area contributed by atoms with Crippen LogP contribution in [0.3, 0.4) is 0 Å². The molecule has 0 amide bonds. The van der Waals surface area contributed by atoms with Crippen molar-refractivity contribution in [2.45, 2.75) is 19.2 Å². The molecule has 5 heterocycles. The average Bonchev–Trinajstić information content (AvgIpc) is 3.32. The first-order chi connectivity index (χ1) is 17.9. The molecule has 200 valence electrons. The van der Waals surface area contributed by atoms with Gasteiger partial charge in [0.25, 0.3) is 0 Å². The second-order valence-electron chi connectivity index (χ2n) is 9.56. The fourth-order valence-electron chi connectivity index (χ4n) is 4.67. The molecular weight excluding hydrogens is 512 g/mol. The summed E-state index contributed by atoms with van der Waals surface area (Å²) in [6.07, 6.45) is 1.71. The third-order valence-electron chi connectivity index (χ3n) is 6.97. The molecule has 3 aromatic rings. The predicted octanol–water partition coefficient (Wildman–Crippen LogP) is 2.28. The predicted molar refractivity (Wildman–Crippen MR) is 146 cm³/mol. The van der Waals surface area contributed by atoms with E-state index in [1.165, 1.54) is 12.7 Å². The zero-order valence-electron chi connectivity index (χ0n) is 21.6. The Labute approximate surface area is 222 Å². The first-order valence-corrected chi connectivity index (χ1v) is 15.3. The van der Waals surface area contributed by atoms with E-state index in [9.17, 15) is 8.42 Å². The Kier molecular flexibility index (Phi) is 7.91. The van der Waals surface area contributed by atoms with Crippen molar-refractivity contribution in [3.8, 4) is 17.1 Å². The number of rotatable bonds is 8. The molecule has 0 unspecified atom stereocenters. The van der Waals surface area contributed by atoms with Crippen molar-refractivity contribution in [2.24, 2.45) is 0 Å². The van der Waals surface area contributed by atoms with E-state index in [0.29, 0.717) is 30.6 Å². The zero-order valence-corrected chi connectivity index (χ0v) is 23.3. The van der Waals surface area contributed by atoms with E-state index in [0.717, 1.165) is 67.3 Å². The number of likely N-dealkylation sites (N-methyl/N-ethyl adjacent to an activating group) is 1. The Morgan fingerprint density at radius 1 is 1.08 bits per heavy atom. The third kappa shape index (κ3) is 5.88. The van der Waals surface area contributed by atoms with Crippen LogP contribution in [-0.2, 0) is 26.9 Å². The van der Waals surface area contributed by atoms with Gasteiger partial charge < -0.3 is 19.3 Å². The molecule has 37 heavy (non-hydrogen) atoms. The lowest BCUT2D eigenvalue weighted by atomic mass is 10.1. The van der Waals surface area contributed by atoms with Crippen molar-refractivity contribution in [3.05, 3.63) is 28.8 Å². The zero-order chi connectivity index (χ0) is 26.0. The summed E-state index contributed by atoms with van der Waals surface area (Å²) in [4.78, 5) is 21.5. The number of anilines is 1. The van der Waals surface area contributed by atoms with Crippen LogP contribution in [0.15, 0.2) is 17.6 Å². The van der Waals surface area contributed by atoms with E-state index in [1.807, 2.05) is 6.07 Å². The Bertz CT molecular complexity index is 1350. The molecule has 0 N–H and O–H groups in total. The molecular formula is C25H34N6O4S2. The van der Waals surface area contributed by atoms with Crippen LogP contribution in [0, 0.1) is 0 Å². The summed E-state index contributed by atoms with van der Waals surface area (Å²) in [7, 11) is 0.399. The molecule has 0 aliphatic carbocycles. The van der Waals surface area contributed by atoms with E-state index < -0.39 is 9.84 Å². The number of ether oxygens (including phenoxy) is 2. The maximum Gasteiger partial charge on any atom is 0.226 e. The number of nitrogens with zero attached hydrogens (tertiary/aromatic N) is 6.